The van der Waals surface area contributed by atoms with E-state index in [1.807, 2.05) is 43.3 Å². The van der Waals surface area contributed by atoms with Gasteiger partial charge < -0.3 is 10.6 Å². The third kappa shape index (κ3) is 3.25. The molecule has 0 radical (unpaired) electrons. The molecule has 4 aromatic rings. The smallest absolute Gasteiger partial charge is 0.256 e. The lowest BCUT2D eigenvalue weighted by molar-refractivity contribution is 0.103. The predicted molar refractivity (Wildman–Crippen MR) is 122 cm³/mol. The summed E-state index contributed by atoms with van der Waals surface area (Å²) in [6, 6.07) is 23.0. The van der Waals surface area contributed by atoms with Crippen LogP contribution in [0.5, 0.6) is 0 Å². The summed E-state index contributed by atoms with van der Waals surface area (Å²) >= 11 is 0. The number of aryl methyl sites for hydroxylation is 1. The van der Waals surface area contributed by atoms with Gasteiger partial charge in [0.1, 0.15) is 0 Å². The summed E-state index contributed by atoms with van der Waals surface area (Å²) in [7, 11) is -3.52. The topological polar surface area (TPSA) is 75.3 Å². The van der Waals surface area contributed by atoms with Gasteiger partial charge in [0.25, 0.3) is 5.91 Å². The molecule has 0 saturated heterocycles. The fourth-order valence-electron chi connectivity index (χ4n) is 4.02. The third-order valence-corrected chi connectivity index (χ3v) is 7.42. The lowest BCUT2D eigenvalue weighted by Crippen LogP contribution is -2.04. The third-order valence-electron chi connectivity index (χ3n) is 5.63. The SMILES string of the molecule is Cc1ccc2c3c(ccc(NCc4ccc(S(=O)(=O)c5ccccc5)cc4)c13)NC2=O. The van der Waals surface area contributed by atoms with E-state index in [1.54, 1.807) is 42.5 Å². The van der Waals surface area contributed by atoms with Crippen LogP contribution in [0.3, 0.4) is 0 Å². The van der Waals surface area contributed by atoms with Crippen LogP contribution in [0.25, 0.3) is 10.8 Å². The minimum Gasteiger partial charge on any atom is -0.380 e. The van der Waals surface area contributed by atoms with Gasteiger partial charge in [0.05, 0.1) is 9.79 Å². The van der Waals surface area contributed by atoms with E-state index < -0.39 is 9.84 Å². The number of amides is 1. The summed E-state index contributed by atoms with van der Waals surface area (Å²) < 4.78 is 25.5. The molecule has 0 saturated carbocycles. The Morgan fingerprint density at radius 2 is 1.52 bits per heavy atom. The molecule has 154 valence electrons. The molecule has 2 N–H and O–H groups in total. The second-order valence-corrected chi connectivity index (χ2v) is 9.56. The average Bonchev–Trinajstić information content (AvgIpc) is 3.12. The minimum atomic E-state index is -3.52. The maximum absolute atomic E-state index is 12.8. The number of carbonyl (C=O) groups is 1. The Bertz CT molecular complexity index is 1430. The molecule has 5 nitrogen and oxygen atoms in total. The van der Waals surface area contributed by atoms with Crippen molar-refractivity contribution in [1.82, 2.24) is 0 Å². The first-order valence-electron chi connectivity index (χ1n) is 9.96. The zero-order valence-electron chi connectivity index (χ0n) is 16.8. The Morgan fingerprint density at radius 3 is 2.26 bits per heavy atom. The van der Waals surface area contributed by atoms with Crippen LogP contribution in [-0.4, -0.2) is 14.3 Å². The molecule has 1 amide bonds. The summed E-state index contributed by atoms with van der Waals surface area (Å²) in [5.41, 5.74) is 4.51. The van der Waals surface area contributed by atoms with Crippen LogP contribution in [-0.2, 0) is 16.4 Å². The van der Waals surface area contributed by atoms with E-state index in [0.717, 1.165) is 33.3 Å². The number of sulfone groups is 1. The second kappa shape index (κ2) is 7.25. The summed E-state index contributed by atoms with van der Waals surface area (Å²) in [6.45, 7) is 2.56. The Morgan fingerprint density at radius 1 is 0.806 bits per heavy atom. The molecule has 5 rings (SSSR count). The number of carbonyl (C=O) groups excluding carboxylic acids is 1. The number of benzene rings is 4. The van der Waals surface area contributed by atoms with Gasteiger partial charge in [0.2, 0.25) is 9.84 Å². The Labute approximate surface area is 180 Å². The van der Waals surface area contributed by atoms with Gasteiger partial charge in [-0.15, -0.1) is 0 Å². The van der Waals surface area contributed by atoms with Crippen molar-refractivity contribution < 1.29 is 13.2 Å². The molecule has 0 aromatic heterocycles. The fourth-order valence-corrected chi connectivity index (χ4v) is 5.30. The van der Waals surface area contributed by atoms with Gasteiger partial charge in [-0.25, -0.2) is 8.42 Å². The van der Waals surface area contributed by atoms with Crippen molar-refractivity contribution in [3.05, 3.63) is 95.6 Å². The van der Waals surface area contributed by atoms with E-state index in [-0.39, 0.29) is 15.7 Å². The van der Waals surface area contributed by atoms with Crippen molar-refractivity contribution in [2.45, 2.75) is 23.3 Å². The van der Waals surface area contributed by atoms with Crippen LogP contribution >= 0.6 is 0 Å². The first-order chi connectivity index (χ1) is 14.9. The maximum Gasteiger partial charge on any atom is 0.256 e. The van der Waals surface area contributed by atoms with Gasteiger partial charge in [0.15, 0.2) is 0 Å². The number of hydrogen-bond donors (Lipinski definition) is 2. The monoisotopic (exact) mass is 428 g/mol. The van der Waals surface area contributed by atoms with E-state index in [2.05, 4.69) is 10.6 Å². The van der Waals surface area contributed by atoms with Gasteiger partial charge in [-0.3, -0.25) is 4.79 Å². The van der Waals surface area contributed by atoms with Gasteiger partial charge in [-0.05, 0) is 60.5 Å². The zero-order valence-corrected chi connectivity index (χ0v) is 17.7. The second-order valence-electron chi connectivity index (χ2n) is 7.61. The highest BCUT2D eigenvalue weighted by Crippen LogP contribution is 2.39. The molecule has 1 aliphatic heterocycles. The number of anilines is 2. The van der Waals surface area contributed by atoms with E-state index in [9.17, 15) is 13.2 Å². The molecule has 0 fully saturated rings. The van der Waals surface area contributed by atoms with Crippen LogP contribution in [0.1, 0.15) is 21.5 Å². The summed E-state index contributed by atoms with van der Waals surface area (Å²) in [4.78, 5) is 12.7. The van der Waals surface area contributed by atoms with Crippen molar-refractivity contribution in [1.29, 1.82) is 0 Å². The molecule has 1 aliphatic rings. The highest BCUT2D eigenvalue weighted by molar-refractivity contribution is 7.91. The molecule has 0 bridgehead atoms. The van der Waals surface area contributed by atoms with Crippen molar-refractivity contribution in [3.8, 4) is 0 Å². The van der Waals surface area contributed by atoms with Crippen molar-refractivity contribution in [2.75, 3.05) is 10.6 Å². The molecule has 6 heteroatoms. The normalized spacial score (nSPS) is 12.7. The fraction of sp³-hybridized carbons (Fsp3) is 0.0800. The quantitative estimate of drug-likeness (QED) is 0.460. The first-order valence-corrected chi connectivity index (χ1v) is 11.4. The highest BCUT2D eigenvalue weighted by Gasteiger charge is 2.23. The highest BCUT2D eigenvalue weighted by atomic mass is 32.2. The summed E-state index contributed by atoms with van der Waals surface area (Å²) in [6.07, 6.45) is 0. The Balaban J connectivity index is 1.41. The van der Waals surface area contributed by atoms with E-state index in [1.165, 1.54) is 0 Å². The van der Waals surface area contributed by atoms with E-state index in [0.29, 0.717) is 12.1 Å². The molecule has 0 aliphatic carbocycles. The standard InChI is InChI=1S/C25H20N2O3S/c1-16-7-12-20-24-22(27-25(20)28)14-13-21(23(16)24)26-15-17-8-10-19(11-9-17)31(29,30)18-5-3-2-4-6-18/h2-14,26H,15H2,1H3,(H,27,28). The molecule has 0 unspecified atom stereocenters. The van der Waals surface area contributed by atoms with E-state index in [4.69, 9.17) is 0 Å². The zero-order chi connectivity index (χ0) is 21.6. The maximum atomic E-state index is 12.8. The Kier molecular flexibility index (Phi) is 4.52. The van der Waals surface area contributed by atoms with Gasteiger partial charge >= 0.3 is 0 Å². The minimum absolute atomic E-state index is 0.0765. The van der Waals surface area contributed by atoms with Crippen LogP contribution in [0, 0.1) is 6.92 Å². The first kappa shape index (κ1) is 19.3. The molecule has 0 spiro atoms. The van der Waals surface area contributed by atoms with Gasteiger partial charge in [-0.2, -0.15) is 0 Å². The van der Waals surface area contributed by atoms with Gasteiger partial charge in [0, 0.05) is 34.3 Å². The molecule has 31 heavy (non-hydrogen) atoms. The van der Waals surface area contributed by atoms with Crippen LogP contribution in [0.15, 0.2) is 88.7 Å². The van der Waals surface area contributed by atoms with E-state index >= 15 is 0 Å². The lowest BCUT2D eigenvalue weighted by atomic mass is 9.99. The Hall–Kier alpha value is -3.64. The van der Waals surface area contributed by atoms with Crippen molar-refractivity contribution in [3.63, 3.8) is 0 Å². The molecular weight excluding hydrogens is 408 g/mol. The summed E-state index contributed by atoms with van der Waals surface area (Å²) in [5, 5.41) is 8.32. The molecule has 4 aromatic carbocycles. The molecular formula is C25H20N2O3S. The molecule has 1 heterocycles. The van der Waals surface area contributed by atoms with Crippen molar-refractivity contribution >= 4 is 37.9 Å². The molecule has 0 atom stereocenters. The van der Waals surface area contributed by atoms with Crippen molar-refractivity contribution in [2.24, 2.45) is 0 Å². The average molecular weight is 429 g/mol. The van der Waals surface area contributed by atoms with Crippen LogP contribution in [0.2, 0.25) is 0 Å². The lowest BCUT2D eigenvalue weighted by Gasteiger charge is -2.13. The number of hydrogen-bond acceptors (Lipinski definition) is 4. The van der Waals surface area contributed by atoms with Gasteiger partial charge in [-0.1, -0.05) is 36.4 Å². The van der Waals surface area contributed by atoms with Crippen LogP contribution < -0.4 is 10.6 Å². The van der Waals surface area contributed by atoms with Crippen LogP contribution in [0.4, 0.5) is 11.4 Å². The largest absolute Gasteiger partial charge is 0.380 e. The number of nitrogens with one attached hydrogen (secondary N) is 2. The predicted octanol–water partition coefficient (Wildman–Crippen LogP) is 5.16. The summed E-state index contributed by atoms with van der Waals surface area (Å²) in [5.74, 6) is -0.0765. The number of rotatable bonds is 5.